The maximum Gasteiger partial charge on any atom is 0.306 e. The Morgan fingerprint density at radius 2 is 2.25 bits per heavy atom. The quantitative estimate of drug-likeness (QED) is 0.355. The first-order chi connectivity index (χ1) is 5.57. The minimum absolute atomic E-state index is 0.121. The van der Waals surface area contributed by atoms with Crippen LogP contribution in [-0.2, 0) is 9.53 Å². The second kappa shape index (κ2) is 5.51. The van der Waals surface area contributed by atoms with Gasteiger partial charge in [0, 0.05) is 18.3 Å². The van der Waals surface area contributed by atoms with E-state index in [4.69, 9.17) is 0 Å². The van der Waals surface area contributed by atoms with Crippen LogP contribution in [0, 0.1) is 10.1 Å². The van der Waals surface area contributed by atoms with Gasteiger partial charge in [-0.25, -0.2) is 0 Å². The van der Waals surface area contributed by atoms with Crippen molar-refractivity contribution in [1.29, 1.82) is 0 Å². The molecule has 0 unspecified atom stereocenters. The Morgan fingerprint density at radius 3 is 2.67 bits per heavy atom. The number of esters is 1. The van der Waals surface area contributed by atoms with E-state index in [0.717, 1.165) is 0 Å². The molecule has 0 amide bonds. The molecule has 0 rings (SSSR count). The van der Waals surface area contributed by atoms with Gasteiger partial charge in [-0.3, -0.25) is 14.9 Å². The zero-order valence-electron chi connectivity index (χ0n) is 7.28. The summed E-state index contributed by atoms with van der Waals surface area (Å²) in [4.78, 5) is 20.4. The lowest BCUT2D eigenvalue weighted by Crippen LogP contribution is -2.17. The summed E-state index contributed by atoms with van der Waals surface area (Å²) in [7, 11) is 0. The van der Waals surface area contributed by atoms with Crippen LogP contribution < -0.4 is 0 Å². The van der Waals surface area contributed by atoms with E-state index in [0.29, 0.717) is 6.61 Å². The summed E-state index contributed by atoms with van der Waals surface area (Å²) in [5, 5.41) is 10.1. The van der Waals surface area contributed by atoms with E-state index >= 15 is 0 Å². The molecule has 0 aliphatic rings. The molecule has 0 saturated carbocycles. The van der Waals surface area contributed by atoms with E-state index in [2.05, 4.69) is 4.74 Å². The van der Waals surface area contributed by atoms with E-state index < -0.39 is 11.0 Å². The fourth-order valence-corrected chi connectivity index (χ4v) is 0.665. The SMILES string of the molecule is CCOC(=O)CC[C@@H](C)[N+](=O)[O-]. The average Bonchev–Trinajstić information content (AvgIpc) is 2.00. The van der Waals surface area contributed by atoms with Gasteiger partial charge in [0.1, 0.15) is 0 Å². The number of nitro groups is 1. The summed E-state index contributed by atoms with van der Waals surface area (Å²) in [6.07, 6.45) is 0.363. The molecule has 0 aromatic carbocycles. The van der Waals surface area contributed by atoms with Crippen molar-refractivity contribution in [1.82, 2.24) is 0 Å². The molecule has 0 aliphatic heterocycles. The smallest absolute Gasteiger partial charge is 0.306 e. The van der Waals surface area contributed by atoms with Crippen LogP contribution in [0.2, 0.25) is 0 Å². The number of rotatable bonds is 5. The first-order valence-electron chi connectivity index (χ1n) is 3.87. The van der Waals surface area contributed by atoms with Gasteiger partial charge in [0.25, 0.3) is 0 Å². The molecule has 0 N–H and O–H groups in total. The van der Waals surface area contributed by atoms with E-state index in [-0.39, 0.29) is 18.8 Å². The highest BCUT2D eigenvalue weighted by Crippen LogP contribution is 2.01. The topological polar surface area (TPSA) is 69.4 Å². The van der Waals surface area contributed by atoms with Gasteiger partial charge in [-0.05, 0) is 6.92 Å². The first-order valence-corrected chi connectivity index (χ1v) is 3.87. The Bertz CT molecular complexity index is 169. The van der Waals surface area contributed by atoms with Crippen LogP contribution >= 0.6 is 0 Å². The Labute approximate surface area is 70.9 Å². The van der Waals surface area contributed by atoms with Crippen LogP contribution in [0.25, 0.3) is 0 Å². The minimum Gasteiger partial charge on any atom is -0.466 e. The molecule has 1 atom stereocenters. The molecule has 0 aromatic rings. The second-order valence-electron chi connectivity index (χ2n) is 2.48. The Hall–Kier alpha value is -1.13. The van der Waals surface area contributed by atoms with E-state index in [9.17, 15) is 14.9 Å². The third kappa shape index (κ3) is 4.65. The summed E-state index contributed by atoms with van der Waals surface area (Å²) in [5.41, 5.74) is 0. The highest BCUT2D eigenvalue weighted by molar-refractivity contribution is 5.69. The van der Waals surface area contributed by atoms with Crippen molar-refractivity contribution in [2.75, 3.05) is 6.61 Å². The van der Waals surface area contributed by atoms with Crippen molar-refractivity contribution >= 4 is 5.97 Å². The molecule has 12 heavy (non-hydrogen) atoms. The van der Waals surface area contributed by atoms with Gasteiger partial charge in [0.2, 0.25) is 6.04 Å². The molecular formula is C7H13NO4. The monoisotopic (exact) mass is 175 g/mol. The van der Waals surface area contributed by atoms with Gasteiger partial charge in [-0.2, -0.15) is 0 Å². The molecule has 0 radical (unpaired) electrons. The molecule has 0 saturated heterocycles. The summed E-state index contributed by atoms with van der Waals surface area (Å²) < 4.78 is 4.61. The van der Waals surface area contributed by atoms with E-state index in [1.54, 1.807) is 6.92 Å². The van der Waals surface area contributed by atoms with Gasteiger partial charge in [0.15, 0.2) is 0 Å². The van der Waals surface area contributed by atoms with Crippen LogP contribution in [0.5, 0.6) is 0 Å². The van der Waals surface area contributed by atoms with Crippen molar-refractivity contribution in [2.24, 2.45) is 0 Å². The Morgan fingerprint density at radius 1 is 1.67 bits per heavy atom. The largest absolute Gasteiger partial charge is 0.466 e. The van der Waals surface area contributed by atoms with Crippen molar-refractivity contribution in [2.45, 2.75) is 32.7 Å². The van der Waals surface area contributed by atoms with Crippen LogP contribution in [0.1, 0.15) is 26.7 Å². The zero-order valence-corrected chi connectivity index (χ0v) is 7.28. The van der Waals surface area contributed by atoms with Crippen molar-refractivity contribution < 1.29 is 14.5 Å². The molecule has 0 bridgehead atoms. The third-order valence-corrected chi connectivity index (χ3v) is 1.43. The molecule has 0 aliphatic carbocycles. The molecule has 70 valence electrons. The van der Waals surface area contributed by atoms with Crippen molar-refractivity contribution in [3.05, 3.63) is 10.1 Å². The van der Waals surface area contributed by atoms with Crippen LogP contribution in [0.15, 0.2) is 0 Å². The molecule has 5 nitrogen and oxygen atoms in total. The van der Waals surface area contributed by atoms with Crippen molar-refractivity contribution in [3.63, 3.8) is 0 Å². The fraction of sp³-hybridized carbons (Fsp3) is 0.857. The summed E-state index contributed by atoms with van der Waals surface area (Å²) in [6.45, 7) is 3.50. The zero-order chi connectivity index (χ0) is 9.56. The fourth-order valence-electron chi connectivity index (χ4n) is 0.665. The molecule has 0 aromatic heterocycles. The minimum atomic E-state index is -0.672. The normalized spacial score (nSPS) is 12.2. The molecular weight excluding hydrogens is 162 g/mol. The molecule has 0 spiro atoms. The van der Waals surface area contributed by atoms with Crippen molar-refractivity contribution in [3.8, 4) is 0 Å². The third-order valence-electron chi connectivity index (χ3n) is 1.43. The number of carbonyl (C=O) groups is 1. The first kappa shape index (κ1) is 10.9. The maximum atomic E-state index is 10.7. The summed E-state index contributed by atoms with van der Waals surface area (Å²) in [5.74, 6) is -0.369. The van der Waals surface area contributed by atoms with E-state index in [1.165, 1.54) is 6.92 Å². The summed E-state index contributed by atoms with van der Waals surface area (Å²) >= 11 is 0. The van der Waals surface area contributed by atoms with Gasteiger partial charge < -0.3 is 4.74 Å². The van der Waals surface area contributed by atoms with Gasteiger partial charge in [-0.1, -0.05) is 0 Å². The molecule has 0 fully saturated rings. The van der Waals surface area contributed by atoms with Crippen LogP contribution in [0.4, 0.5) is 0 Å². The number of carbonyl (C=O) groups excluding carboxylic acids is 1. The predicted molar refractivity (Wildman–Crippen MR) is 42.3 cm³/mol. The van der Waals surface area contributed by atoms with E-state index in [1.807, 2.05) is 0 Å². The number of nitrogens with zero attached hydrogens (tertiary/aromatic N) is 1. The summed E-state index contributed by atoms with van der Waals surface area (Å²) in [6, 6.07) is -0.672. The predicted octanol–water partition coefficient (Wildman–Crippen LogP) is 0.995. The highest BCUT2D eigenvalue weighted by atomic mass is 16.6. The van der Waals surface area contributed by atoms with Crippen LogP contribution in [0.3, 0.4) is 0 Å². The van der Waals surface area contributed by atoms with Gasteiger partial charge in [-0.15, -0.1) is 0 Å². The molecule has 5 heteroatoms. The lowest BCUT2D eigenvalue weighted by atomic mass is 10.2. The standard InChI is InChI=1S/C7H13NO4/c1-3-12-7(9)5-4-6(2)8(10)11/h6H,3-5H2,1-2H3/t6-/m1/s1. The lowest BCUT2D eigenvalue weighted by Gasteiger charge is -2.02. The van der Waals surface area contributed by atoms with Gasteiger partial charge in [0.05, 0.1) is 13.0 Å². The number of hydrogen-bond acceptors (Lipinski definition) is 4. The molecule has 0 heterocycles. The van der Waals surface area contributed by atoms with Crippen LogP contribution in [-0.4, -0.2) is 23.5 Å². The second-order valence-corrected chi connectivity index (χ2v) is 2.48. The highest BCUT2D eigenvalue weighted by Gasteiger charge is 2.14. The Kier molecular flexibility index (Phi) is 4.99. The lowest BCUT2D eigenvalue weighted by molar-refractivity contribution is -0.518. The number of hydrogen-bond donors (Lipinski definition) is 0. The van der Waals surface area contributed by atoms with Gasteiger partial charge >= 0.3 is 5.97 Å². The Balaban J connectivity index is 3.54. The maximum absolute atomic E-state index is 10.7. The average molecular weight is 175 g/mol. The number of ether oxygens (including phenoxy) is 1.